The van der Waals surface area contributed by atoms with Crippen LogP contribution >= 0.6 is 11.6 Å². The van der Waals surface area contributed by atoms with Crippen LogP contribution in [0.4, 0.5) is 5.69 Å². The van der Waals surface area contributed by atoms with Crippen molar-refractivity contribution in [2.75, 3.05) is 12.4 Å². The van der Waals surface area contributed by atoms with Gasteiger partial charge >= 0.3 is 5.69 Å². The number of carbonyl (C=O) groups excluding carboxylic acids is 2. The summed E-state index contributed by atoms with van der Waals surface area (Å²) in [6, 6.07) is 6.30. The number of aryl methyl sites for hydroxylation is 1. The average molecular weight is 405 g/mol. The Hall–Kier alpha value is -3.40. The van der Waals surface area contributed by atoms with E-state index in [1.807, 2.05) is 0 Å². The van der Waals surface area contributed by atoms with Crippen LogP contribution in [0.1, 0.15) is 10.4 Å². The summed E-state index contributed by atoms with van der Waals surface area (Å²) in [6.45, 7) is -0.278. The molecular weight excluding hydrogens is 388 g/mol. The quantitative estimate of drug-likeness (QED) is 0.597. The van der Waals surface area contributed by atoms with E-state index in [0.717, 1.165) is 4.57 Å². The predicted molar refractivity (Wildman–Crippen MR) is 104 cm³/mol. The fourth-order valence-electron chi connectivity index (χ4n) is 2.76. The molecule has 0 bridgehead atoms. The fourth-order valence-corrected chi connectivity index (χ4v) is 2.98. The minimum atomic E-state index is -0.597. The third kappa shape index (κ3) is 3.29. The Balaban J connectivity index is 1.90. The summed E-state index contributed by atoms with van der Waals surface area (Å²) in [5.74, 6) is -0.694. The van der Waals surface area contributed by atoms with E-state index < -0.39 is 17.2 Å². The first-order valence-corrected chi connectivity index (χ1v) is 8.56. The van der Waals surface area contributed by atoms with Crippen molar-refractivity contribution in [3.63, 3.8) is 0 Å². The number of carbonyl (C=O) groups is 2. The van der Waals surface area contributed by atoms with Crippen LogP contribution in [0.25, 0.3) is 11.2 Å². The minimum Gasteiger partial charge on any atom is -0.355 e. The highest BCUT2D eigenvalue weighted by molar-refractivity contribution is 6.29. The molecule has 0 atom stereocenters. The maximum atomic E-state index is 12.5. The van der Waals surface area contributed by atoms with Crippen molar-refractivity contribution in [2.45, 2.75) is 6.54 Å². The lowest BCUT2D eigenvalue weighted by atomic mass is 10.2. The number of nitrogens with one attached hydrogen (secondary N) is 2. The Morgan fingerprint density at radius 3 is 2.36 bits per heavy atom. The number of fused-ring (bicyclic) bond motifs is 1. The van der Waals surface area contributed by atoms with Crippen molar-refractivity contribution in [1.29, 1.82) is 0 Å². The molecule has 2 amide bonds. The number of halogens is 1. The number of nitrogens with zero attached hydrogens (tertiary/aromatic N) is 4. The zero-order valence-electron chi connectivity index (χ0n) is 15.3. The summed E-state index contributed by atoms with van der Waals surface area (Å²) in [4.78, 5) is 52.5. The monoisotopic (exact) mass is 404 g/mol. The van der Waals surface area contributed by atoms with E-state index in [9.17, 15) is 19.2 Å². The highest BCUT2D eigenvalue weighted by Gasteiger charge is 2.19. The normalized spacial score (nSPS) is 10.9. The van der Waals surface area contributed by atoms with Gasteiger partial charge in [0.15, 0.2) is 11.2 Å². The Kier molecular flexibility index (Phi) is 5.06. The summed E-state index contributed by atoms with van der Waals surface area (Å²) in [7, 11) is 4.33. The lowest BCUT2D eigenvalue weighted by Gasteiger charge is -2.09. The molecule has 0 aliphatic heterocycles. The van der Waals surface area contributed by atoms with Crippen LogP contribution in [-0.2, 0) is 25.4 Å². The number of hydrogen-bond donors (Lipinski definition) is 2. The standard InChI is InChI=1S/C17H17ClN6O4/c1-19-14(26)9-4-6-10(7-5-9)20-11(25)8-24-12-13(21-16(24)18)22(2)17(28)23(3)15(12)27/h4-7H,8H2,1-3H3,(H,19,26)(H,20,25). The first-order valence-electron chi connectivity index (χ1n) is 8.18. The second kappa shape index (κ2) is 7.31. The molecule has 0 radical (unpaired) electrons. The van der Waals surface area contributed by atoms with Crippen molar-refractivity contribution >= 4 is 40.3 Å². The van der Waals surface area contributed by atoms with Gasteiger partial charge in [-0.1, -0.05) is 0 Å². The Morgan fingerprint density at radius 2 is 1.75 bits per heavy atom. The van der Waals surface area contributed by atoms with Gasteiger partial charge in [0.25, 0.3) is 11.5 Å². The van der Waals surface area contributed by atoms with E-state index in [-0.39, 0.29) is 28.9 Å². The largest absolute Gasteiger partial charge is 0.355 e. The van der Waals surface area contributed by atoms with E-state index in [2.05, 4.69) is 15.6 Å². The van der Waals surface area contributed by atoms with Gasteiger partial charge in [-0.3, -0.25) is 28.1 Å². The van der Waals surface area contributed by atoms with Gasteiger partial charge in [0.2, 0.25) is 11.2 Å². The Labute approximate surface area is 163 Å². The molecule has 146 valence electrons. The van der Waals surface area contributed by atoms with Gasteiger partial charge in [0.05, 0.1) is 0 Å². The summed E-state index contributed by atoms with van der Waals surface area (Å²) in [5, 5.41) is 5.08. The highest BCUT2D eigenvalue weighted by atomic mass is 35.5. The Bertz CT molecular complexity index is 1210. The van der Waals surface area contributed by atoms with Crippen LogP contribution in [0, 0.1) is 0 Å². The minimum absolute atomic E-state index is 0.0553. The SMILES string of the molecule is CNC(=O)c1ccc(NC(=O)Cn2c(Cl)nc3c2c(=O)n(C)c(=O)n3C)cc1. The molecule has 0 aliphatic carbocycles. The fraction of sp³-hybridized carbons (Fsp3) is 0.235. The molecule has 28 heavy (non-hydrogen) atoms. The maximum absolute atomic E-state index is 12.5. The number of imidazole rings is 1. The molecule has 0 saturated carbocycles. The second-order valence-corrected chi connectivity index (χ2v) is 6.39. The van der Waals surface area contributed by atoms with Crippen molar-refractivity contribution in [2.24, 2.45) is 14.1 Å². The number of amides is 2. The number of rotatable bonds is 4. The molecular formula is C17H17ClN6O4. The van der Waals surface area contributed by atoms with E-state index in [1.54, 1.807) is 24.3 Å². The van der Waals surface area contributed by atoms with Gasteiger partial charge < -0.3 is 10.6 Å². The number of aromatic nitrogens is 4. The zero-order valence-corrected chi connectivity index (χ0v) is 16.1. The second-order valence-electron chi connectivity index (χ2n) is 6.05. The molecule has 0 aliphatic rings. The molecule has 3 aromatic rings. The van der Waals surface area contributed by atoms with E-state index in [1.165, 1.54) is 30.3 Å². The van der Waals surface area contributed by atoms with Crippen LogP contribution in [0.2, 0.25) is 5.28 Å². The topological polar surface area (TPSA) is 120 Å². The summed E-state index contributed by atoms with van der Waals surface area (Å²) in [5.41, 5.74) is -0.0627. The summed E-state index contributed by atoms with van der Waals surface area (Å²) < 4.78 is 3.35. The van der Waals surface area contributed by atoms with Crippen molar-refractivity contribution in [1.82, 2.24) is 24.0 Å². The van der Waals surface area contributed by atoms with Crippen LogP contribution in [0.5, 0.6) is 0 Å². The smallest absolute Gasteiger partial charge is 0.332 e. The van der Waals surface area contributed by atoms with Gasteiger partial charge in [-0.25, -0.2) is 4.79 Å². The highest BCUT2D eigenvalue weighted by Crippen LogP contribution is 2.16. The molecule has 1 aromatic carbocycles. The Morgan fingerprint density at radius 1 is 1.11 bits per heavy atom. The predicted octanol–water partition coefficient (Wildman–Crippen LogP) is 0.0854. The number of hydrogen-bond acceptors (Lipinski definition) is 5. The summed E-state index contributed by atoms with van der Waals surface area (Å²) >= 11 is 6.10. The molecule has 2 aromatic heterocycles. The van der Waals surface area contributed by atoms with Gasteiger partial charge in [-0.2, -0.15) is 4.98 Å². The third-order valence-electron chi connectivity index (χ3n) is 4.26. The maximum Gasteiger partial charge on any atom is 0.332 e. The molecule has 2 heterocycles. The van der Waals surface area contributed by atoms with Gasteiger partial charge in [-0.05, 0) is 35.9 Å². The first-order chi connectivity index (χ1) is 13.2. The van der Waals surface area contributed by atoms with Crippen LogP contribution < -0.4 is 21.9 Å². The average Bonchev–Trinajstić information content (AvgIpc) is 3.01. The zero-order chi connectivity index (χ0) is 20.6. The van der Waals surface area contributed by atoms with Crippen LogP contribution in [-0.4, -0.2) is 37.5 Å². The van der Waals surface area contributed by atoms with Crippen LogP contribution in [0.3, 0.4) is 0 Å². The molecule has 3 rings (SSSR count). The molecule has 0 unspecified atom stereocenters. The molecule has 0 spiro atoms. The van der Waals surface area contributed by atoms with Gasteiger partial charge in [0, 0.05) is 32.4 Å². The van der Waals surface area contributed by atoms with E-state index in [0.29, 0.717) is 11.3 Å². The van der Waals surface area contributed by atoms with Crippen LogP contribution in [0.15, 0.2) is 33.9 Å². The number of benzene rings is 1. The van der Waals surface area contributed by atoms with Crippen molar-refractivity contribution in [3.05, 3.63) is 56.0 Å². The van der Waals surface area contributed by atoms with Gasteiger partial charge in [-0.15, -0.1) is 0 Å². The number of anilines is 1. The van der Waals surface area contributed by atoms with Crippen molar-refractivity contribution in [3.8, 4) is 0 Å². The van der Waals surface area contributed by atoms with E-state index in [4.69, 9.17) is 11.6 Å². The van der Waals surface area contributed by atoms with Gasteiger partial charge in [0.1, 0.15) is 6.54 Å². The molecule has 10 nitrogen and oxygen atoms in total. The lowest BCUT2D eigenvalue weighted by Crippen LogP contribution is -2.37. The van der Waals surface area contributed by atoms with Crippen molar-refractivity contribution < 1.29 is 9.59 Å². The lowest BCUT2D eigenvalue weighted by molar-refractivity contribution is -0.116. The molecule has 0 saturated heterocycles. The molecule has 0 fully saturated rings. The first kappa shape index (κ1) is 19.4. The molecule has 2 N–H and O–H groups in total. The third-order valence-corrected chi connectivity index (χ3v) is 4.55. The van der Waals surface area contributed by atoms with E-state index >= 15 is 0 Å². The molecule has 11 heteroatoms. The summed E-state index contributed by atoms with van der Waals surface area (Å²) in [6.07, 6.45) is 0.